The molecule has 0 bridgehead atoms. The van der Waals surface area contributed by atoms with E-state index in [1.165, 1.54) is 19.9 Å². The van der Waals surface area contributed by atoms with Crippen LogP contribution in [0.25, 0.3) is 0 Å². The number of rotatable bonds is 10. The maximum atomic E-state index is 14.2. The molecule has 0 amide bonds. The monoisotopic (exact) mass is 562 g/mol. The van der Waals surface area contributed by atoms with Gasteiger partial charge in [0.1, 0.15) is 11.7 Å². The van der Waals surface area contributed by atoms with Crippen molar-refractivity contribution in [3.63, 3.8) is 0 Å². The van der Waals surface area contributed by atoms with Crippen LogP contribution in [-0.2, 0) is 28.7 Å². The number of hydrogen-bond donors (Lipinski definition) is 2. The summed E-state index contributed by atoms with van der Waals surface area (Å²) in [5, 5.41) is 22.6. The molecule has 0 radical (unpaired) electrons. The van der Waals surface area contributed by atoms with Crippen LogP contribution in [0.5, 0.6) is 0 Å². The second-order valence-corrected chi connectivity index (χ2v) is 13.7. The Morgan fingerprint density at radius 3 is 2.27 bits per heavy atom. The molecule has 0 aliphatic heterocycles. The van der Waals surface area contributed by atoms with Crippen molar-refractivity contribution in [3.05, 3.63) is 11.6 Å². The summed E-state index contributed by atoms with van der Waals surface area (Å²) in [5.74, 6) is -1.06. The molecule has 0 saturated heterocycles. The van der Waals surface area contributed by atoms with Crippen molar-refractivity contribution < 1.29 is 38.9 Å². The molecule has 3 rings (SSSR count). The number of aliphatic hydroxyl groups excluding tert-OH is 1. The topological polar surface area (TPSA) is 127 Å². The highest BCUT2D eigenvalue weighted by molar-refractivity contribution is 6.16. The van der Waals surface area contributed by atoms with E-state index < -0.39 is 40.4 Å². The van der Waals surface area contributed by atoms with Gasteiger partial charge in [0.15, 0.2) is 11.6 Å². The second kappa shape index (κ2) is 12.0. The summed E-state index contributed by atoms with van der Waals surface area (Å²) in [7, 11) is 0. The third-order valence-corrected chi connectivity index (χ3v) is 10.9. The Hall–Kier alpha value is -2.06. The quantitative estimate of drug-likeness (QED) is 0.371. The van der Waals surface area contributed by atoms with Gasteiger partial charge < -0.3 is 19.7 Å². The van der Waals surface area contributed by atoms with Crippen molar-refractivity contribution in [1.29, 1.82) is 0 Å². The maximum Gasteiger partial charge on any atom is 0.302 e. The van der Waals surface area contributed by atoms with Crippen molar-refractivity contribution >= 4 is 23.5 Å². The van der Waals surface area contributed by atoms with E-state index in [0.29, 0.717) is 37.2 Å². The Morgan fingerprint density at radius 2 is 1.70 bits per heavy atom. The van der Waals surface area contributed by atoms with Gasteiger partial charge in [0.25, 0.3) is 0 Å². The second-order valence-electron chi connectivity index (χ2n) is 13.7. The van der Waals surface area contributed by atoms with E-state index in [9.17, 15) is 29.4 Å². The minimum Gasteiger partial charge on any atom is -0.466 e. The fraction of sp³-hybridized carbons (Fsp3) is 0.812. The lowest BCUT2D eigenvalue weighted by Gasteiger charge is -2.51. The summed E-state index contributed by atoms with van der Waals surface area (Å²) < 4.78 is 10.7. The van der Waals surface area contributed by atoms with Crippen LogP contribution in [0.15, 0.2) is 11.6 Å². The molecular formula is C32H50O8. The van der Waals surface area contributed by atoms with Gasteiger partial charge in [-0.15, -0.1) is 0 Å². The van der Waals surface area contributed by atoms with Crippen molar-refractivity contribution in [3.8, 4) is 0 Å². The average Bonchev–Trinajstić information content (AvgIpc) is 3.18. The first-order valence-corrected chi connectivity index (χ1v) is 15.0. The molecule has 226 valence electrons. The fourth-order valence-corrected chi connectivity index (χ4v) is 7.91. The zero-order valence-electron chi connectivity index (χ0n) is 25.6. The Morgan fingerprint density at radius 1 is 1.05 bits per heavy atom. The number of ether oxygens (including phenoxy) is 2. The molecule has 0 spiro atoms. The standard InChI is InChI=1S/C32H50O8/c1-18(2)20(4)27(35)15-19(3)25-9-10-26(30(25,7)13-14-39-21(5)33)24-16-28(36)32(38)17-23(40-22(6)34)11-12-31(32,8)29(24)37/h16,18-20,23,25-27,35,38H,9-15,17H2,1-8H3. The van der Waals surface area contributed by atoms with Gasteiger partial charge in [-0.2, -0.15) is 0 Å². The predicted octanol–water partition coefficient (Wildman–Crippen LogP) is 4.58. The molecule has 0 aromatic carbocycles. The molecule has 0 aromatic heterocycles. The molecule has 2 fully saturated rings. The number of carbonyl (C=O) groups excluding carboxylic acids is 4. The highest BCUT2D eigenvalue weighted by atomic mass is 16.5. The fourth-order valence-electron chi connectivity index (χ4n) is 7.91. The van der Waals surface area contributed by atoms with Gasteiger partial charge in [0, 0.05) is 25.8 Å². The lowest BCUT2D eigenvalue weighted by Crippen LogP contribution is -2.63. The summed E-state index contributed by atoms with van der Waals surface area (Å²) in [6.07, 6.45) is 3.46. The van der Waals surface area contributed by atoms with Gasteiger partial charge in [-0.25, -0.2) is 0 Å². The molecule has 40 heavy (non-hydrogen) atoms. The molecule has 8 nitrogen and oxygen atoms in total. The molecule has 9 unspecified atom stereocenters. The molecule has 2 saturated carbocycles. The van der Waals surface area contributed by atoms with Gasteiger partial charge in [0.05, 0.1) is 18.1 Å². The number of aliphatic hydroxyl groups is 2. The molecule has 3 aliphatic carbocycles. The minimum absolute atomic E-state index is 0.0998. The van der Waals surface area contributed by atoms with Crippen LogP contribution >= 0.6 is 0 Å². The summed E-state index contributed by atoms with van der Waals surface area (Å²) >= 11 is 0. The maximum absolute atomic E-state index is 14.2. The molecule has 3 aliphatic rings. The van der Waals surface area contributed by atoms with E-state index >= 15 is 0 Å². The van der Waals surface area contributed by atoms with Gasteiger partial charge in [-0.05, 0) is 86.5 Å². The summed E-state index contributed by atoms with van der Waals surface area (Å²) in [6, 6.07) is 0. The summed E-state index contributed by atoms with van der Waals surface area (Å²) in [6.45, 7) is 15.1. The van der Waals surface area contributed by atoms with Gasteiger partial charge in [-0.3, -0.25) is 19.2 Å². The zero-order valence-corrected chi connectivity index (χ0v) is 25.6. The number of esters is 2. The SMILES string of the molecule is CC(=O)OCCC1(C)C(C2=CC(=O)C3(O)CC(OC(C)=O)CCC3(C)C2=O)CCC1C(C)CC(O)C(C)C(C)C. The number of allylic oxidation sites excluding steroid dienone is 1. The molecular weight excluding hydrogens is 512 g/mol. The molecule has 9 atom stereocenters. The highest BCUT2D eigenvalue weighted by Crippen LogP contribution is 2.60. The van der Waals surface area contributed by atoms with Crippen LogP contribution in [0.4, 0.5) is 0 Å². The van der Waals surface area contributed by atoms with Crippen LogP contribution in [0.3, 0.4) is 0 Å². The van der Waals surface area contributed by atoms with E-state index in [0.717, 1.165) is 6.42 Å². The van der Waals surface area contributed by atoms with Crippen molar-refractivity contribution in [1.82, 2.24) is 0 Å². The molecule has 2 N–H and O–H groups in total. The van der Waals surface area contributed by atoms with E-state index in [2.05, 4.69) is 34.6 Å². The van der Waals surface area contributed by atoms with Crippen LogP contribution < -0.4 is 0 Å². The number of fused-ring (bicyclic) bond motifs is 1. The summed E-state index contributed by atoms with van der Waals surface area (Å²) in [5.41, 5.74) is -3.26. The largest absolute Gasteiger partial charge is 0.466 e. The predicted molar refractivity (Wildman–Crippen MR) is 150 cm³/mol. The molecule has 8 heteroatoms. The van der Waals surface area contributed by atoms with E-state index in [1.54, 1.807) is 6.92 Å². The van der Waals surface area contributed by atoms with E-state index in [4.69, 9.17) is 9.47 Å². The van der Waals surface area contributed by atoms with Crippen LogP contribution in [-0.4, -0.2) is 58.1 Å². The number of Topliss-reactive ketones (excluding diaryl/α,β-unsaturated/α-hetero) is 1. The van der Waals surface area contributed by atoms with Gasteiger partial charge in [-0.1, -0.05) is 34.6 Å². The van der Waals surface area contributed by atoms with Crippen LogP contribution in [0, 0.1) is 40.4 Å². The first kappa shape index (κ1) is 32.5. The lowest BCUT2D eigenvalue weighted by molar-refractivity contribution is -0.181. The first-order chi connectivity index (χ1) is 18.5. The Balaban J connectivity index is 1.95. The van der Waals surface area contributed by atoms with Crippen molar-refractivity contribution in [2.24, 2.45) is 40.4 Å². The lowest BCUT2D eigenvalue weighted by atomic mass is 9.53. The zero-order chi connectivity index (χ0) is 30.2. The van der Waals surface area contributed by atoms with E-state index in [-0.39, 0.29) is 54.9 Å². The smallest absolute Gasteiger partial charge is 0.302 e. The third kappa shape index (κ3) is 5.94. The molecule has 0 aromatic rings. The van der Waals surface area contributed by atoms with Gasteiger partial charge in [0.2, 0.25) is 0 Å². The minimum atomic E-state index is -1.93. The van der Waals surface area contributed by atoms with Crippen LogP contribution in [0.1, 0.15) is 100 Å². The summed E-state index contributed by atoms with van der Waals surface area (Å²) in [4.78, 5) is 51.0. The van der Waals surface area contributed by atoms with E-state index in [1.807, 2.05) is 0 Å². The first-order valence-electron chi connectivity index (χ1n) is 15.0. The van der Waals surface area contributed by atoms with Crippen molar-refractivity contribution in [2.75, 3.05) is 6.61 Å². The number of ketones is 2. The number of carbonyl (C=O) groups is 4. The molecule has 0 heterocycles. The Kier molecular flexibility index (Phi) is 9.77. The number of hydrogen-bond acceptors (Lipinski definition) is 8. The average molecular weight is 563 g/mol. The highest BCUT2D eigenvalue weighted by Gasteiger charge is 2.64. The third-order valence-electron chi connectivity index (χ3n) is 10.9. The van der Waals surface area contributed by atoms with Crippen molar-refractivity contribution in [2.45, 2.75) is 118 Å². The van der Waals surface area contributed by atoms with Crippen LogP contribution in [0.2, 0.25) is 0 Å². The normalized spacial score (nSPS) is 36.5. The van der Waals surface area contributed by atoms with Gasteiger partial charge >= 0.3 is 11.9 Å². The Labute approximate surface area is 239 Å². The Bertz CT molecular complexity index is 1030.